The Bertz CT molecular complexity index is 1370. The van der Waals surface area contributed by atoms with Crippen LogP contribution in [-0.4, -0.2) is 108 Å². The highest BCUT2D eigenvalue weighted by atomic mass is 32.1. The molecule has 1 aliphatic rings. The maximum absolute atomic E-state index is 12.6. The summed E-state index contributed by atoms with van der Waals surface area (Å²) in [5, 5.41) is 6.26. The van der Waals surface area contributed by atoms with Crippen LogP contribution in [0.1, 0.15) is 70.6 Å². The van der Waals surface area contributed by atoms with Crippen molar-refractivity contribution in [2.45, 2.75) is 95.1 Å². The van der Waals surface area contributed by atoms with E-state index in [9.17, 15) is 9.59 Å². The lowest BCUT2D eigenvalue weighted by Gasteiger charge is -2.38. The average Bonchev–Trinajstić information content (AvgIpc) is 3.57. The van der Waals surface area contributed by atoms with E-state index in [2.05, 4.69) is 112 Å². The zero-order valence-corrected chi connectivity index (χ0v) is 35.7. The molecule has 0 bridgehead atoms. The highest BCUT2D eigenvalue weighted by Gasteiger charge is 2.34. The standard InChI is InChI=1S/C25H43N5O2.C12H10S2.C3H8.CH2O.4H2O.3H2/c1-19(27-5)24(32)28-22(25(2,3)4)18-29-14-9-12-21(29)17-30(23(31)16-26)15-13-20-10-7-6-8-11-20;13-11-5-1-9(2-6-11)10-3-7-12(14)8-4-10;1-3-2;1-2;;;;;;;/h6-8,10-11,19,21-22,27H,9,12-18,26H2,1-5H3,(H,28,32);1-8,13-14H;3H2,1-2H3;1H2;4*1H2;3*1H/t19-,21-,22+;;;;;;;;;;/m0........../s1. The van der Waals surface area contributed by atoms with Gasteiger partial charge in [-0.05, 0) is 86.1 Å². The fraction of sp³-hybridized carbons (Fsp3) is 0.488. The monoisotopic (exact) mass is 816 g/mol. The van der Waals surface area contributed by atoms with E-state index < -0.39 is 0 Å². The molecule has 1 aliphatic heterocycles. The van der Waals surface area contributed by atoms with Crippen molar-refractivity contribution < 1.29 is 40.6 Å². The van der Waals surface area contributed by atoms with Crippen LogP contribution in [0.15, 0.2) is 88.7 Å². The number of amides is 2. The van der Waals surface area contributed by atoms with Crippen LogP contribution < -0.4 is 16.4 Å². The molecule has 14 heteroatoms. The van der Waals surface area contributed by atoms with Crippen molar-refractivity contribution in [2.24, 2.45) is 11.1 Å². The molecule has 0 spiro atoms. The van der Waals surface area contributed by atoms with Crippen molar-refractivity contribution in [3.63, 3.8) is 0 Å². The SMILES string of the molecule is C=O.CCC.CN[C@@H](C)C(=O)N[C@H](CN1CCC[C@H]1CN(CCc1ccccc1)C(=O)CN)C(C)(C)C.O.O.O.O.Sc1ccc(-c2ccc(S)cc2)cc1.[HH].[HH].[HH]. The lowest BCUT2D eigenvalue weighted by atomic mass is 9.86. The molecule has 55 heavy (non-hydrogen) atoms. The normalized spacial score (nSPS) is 14.0. The van der Waals surface area contributed by atoms with E-state index in [-0.39, 0.29) is 68.1 Å². The number of rotatable bonds is 12. The van der Waals surface area contributed by atoms with E-state index >= 15 is 0 Å². The van der Waals surface area contributed by atoms with Gasteiger partial charge in [-0.25, -0.2) is 0 Å². The Hall–Kier alpha value is -3.31. The van der Waals surface area contributed by atoms with Crippen LogP contribution in [0.3, 0.4) is 0 Å². The van der Waals surface area contributed by atoms with Gasteiger partial charge in [0.25, 0.3) is 0 Å². The molecule has 3 atom stereocenters. The summed E-state index contributed by atoms with van der Waals surface area (Å²) in [4.78, 5) is 39.5. The molecule has 0 saturated carbocycles. The highest BCUT2D eigenvalue weighted by Crippen LogP contribution is 2.26. The molecule has 4 rings (SSSR count). The molecular weight excluding hydrogens is 739 g/mol. The molecule has 1 heterocycles. The highest BCUT2D eigenvalue weighted by molar-refractivity contribution is 7.80. The third-order valence-corrected chi connectivity index (χ3v) is 9.24. The maximum Gasteiger partial charge on any atom is 0.237 e. The number of carbonyl (C=O) groups is 3. The maximum atomic E-state index is 12.6. The summed E-state index contributed by atoms with van der Waals surface area (Å²) in [5.41, 5.74) is 9.29. The van der Waals surface area contributed by atoms with Crippen LogP contribution in [-0.2, 0) is 20.8 Å². The van der Waals surface area contributed by atoms with Gasteiger partial charge in [-0.2, -0.15) is 0 Å². The third kappa shape index (κ3) is 22.1. The molecule has 3 aromatic carbocycles. The van der Waals surface area contributed by atoms with E-state index in [4.69, 9.17) is 10.5 Å². The summed E-state index contributed by atoms with van der Waals surface area (Å²) >= 11 is 8.50. The predicted octanol–water partition coefficient (Wildman–Crippen LogP) is 4.22. The second kappa shape index (κ2) is 31.8. The molecule has 0 aromatic heterocycles. The summed E-state index contributed by atoms with van der Waals surface area (Å²) in [7, 11) is 1.80. The first-order chi connectivity index (χ1) is 24.3. The predicted molar refractivity (Wildman–Crippen MR) is 241 cm³/mol. The van der Waals surface area contributed by atoms with Gasteiger partial charge < -0.3 is 48.0 Å². The number of hydrogen-bond donors (Lipinski definition) is 5. The van der Waals surface area contributed by atoms with Crippen molar-refractivity contribution in [1.29, 1.82) is 0 Å². The largest absolute Gasteiger partial charge is 0.412 e. The molecule has 1 fully saturated rings. The van der Waals surface area contributed by atoms with Gasteiger partial charge in [0.1, 0.15) is 6.79 Å². The van der Waals surface area contributed by atoms with Crippen LogP contribution in [0.4, 0.5) is 0 Å². The molecule has 0 unspecified atom stereocenters. The number of nitrogens with zero attached hydrogens (tertiary/aromatic N) is 2. The van der Waals surface area contributed by atoms with E-state index in [1.165, 1.54) is 23.1 Å². The molecule has 0 aliphatic carbocycles. The first kappa shape index (κ1) is 58.4. The van der Waals surface area contributed by atoms with Crippen molar-refractivity contribution in [2.75, 3.05) is 39.8 Å². The summed E-state index contributed by atoms with van der Waals surface area (Å²) < 4.78 is 0. The lowest BCUT2D eigenvalue weighted by Crippen LogP contribution is -2.56. The lowest BCUT2D eigenvalue weighted by molar-refractivity contribution is -0.130. The van der Waals surface area contributed by atoms with Crippen LogP contribution in [0, 0.1) is 5.41 Å². The second-order valence-electron chi connectivity index (χ2n) is 13.8. The van der Waals surface area contributed by atoms with Gasteiger partial charge >= 0.3 is 0 Å². The zero-order chi connectivity index (χ0) is 38.4. The number of carbonyl (C=O) groups excluding carboxylic acids is 3. The number of benzene rings is 3. The summed E-state index contributed by atoms with van der Waals surface area (Å²) in [6.07, 6.45) is 4.23. The first-order valence-corrected chi connectivity index (χ1v) is 18.8. The van der Waals surface area contributed by atoms with Crippen LogP contribution >= 0.6 is 25.3 Å². The second-order valence-corrected chi connectivity index (χ2v) is 14.8. The number of hydrogen-bond acceptors (Lipinski definition) is 8. The number of likely N-dealkylation sites (tertiary alicyclic amines) is 1. The van der Waals surface area contributed by atoms with Gasteiger partial charge in [-0.3, -0.25) is 14.5 Å². The molecule has 3 aromatic rings. The van der Waals surface area contributed by atoms with Crippen LogP contribution in [0.2, 0.25) is 0 Å². The molecule has 12 nitrogen and oxygen atoms in total. The van der Waals surface area contributed by atoms with Crippen molar-refractivity contribution >= 4 is 43.9 Å². The Labute approximate surface area is 345 Å². The Kier molecular flexibility index (Phi) is 33.8. The number of likely N-dealkylation sites (N-methyl/N-ethyl adjacent to an activating group) is 1. The van der Waals surface area contributed by atoms with Gasteiger partial charge in [0.15, 0.2) is 0 Å². The van der Waals surface area contributed by atoms with E-state index in [0.29, 0.717) is 13.1 Å². The molecule has 12 N–H and O–H groups in total. The fourth-order valence-corrected chi connectivity index (χ4v) is 5.76. The number of nitrogens with two attached hydrogens (primary N) is 1. The minimum Gasteiger partial charge on any atom is -0.412 e. The summed E-state index contributed by atoms with van der Waals surface area (Å²) in [6.45, 7) is 17.8. The topological polar surface area (TPSA) is 234 Å². The van der Waals surface area contributed by atoms with Crippen molar-refractivity contribution in [3.8, 4) is 11.1 Å². The number of thiol groups is 2. The smallest absolute Gasteiger partial charge is 0.237 e. The summed E-state index contributed by atoms with van der Waals surface area (Å²) in [5.74, 6) is 0.0160. The number of nitrogens with one attached hydrogen (secondary N) is 2. The van der Waals surface area contributed by atoms with Crippen LogP contribution in [0.5, 0.6) is 0 Å². The molecular formula is C41H77N5O7S2. The Morgan fingerprint density at radius 2 is 1.38 bits per heavy atom. The zero-order valence-electron chi connectivity index (χ0n) is 33.9. The quantitative estimate of drug-likeness (QED) is 0.168. The molecule has 320 valence electrons. The van der Waals surface area contributed by atoms with Crippen LogP contribution in [0.25, 0.3) is 11.1 Å². The Balaban J connectivity index is -0.000000170. The van der Waals surface area contributed by atoms with Gasteiger partial charge in [-0.1, -0.05) is 95.6 Å². The van der Waals surface area contributed by atoms with Gasteiger partial charge in [0.05, 0.1) is 12.6 Å². The third-order valence-electron chi connectivity index (χ3n) is 8.64. The van der Waals surface area contributed by atoms with E-state index in [0.717, 1.165) is 42.1 Å². The van der Waals surface area contributed by atoms with E-state index in [1.54, 1.807) is 7.05 Å². The first-order valence-electron chi connectivity index (χ1n) is 17.9. The molecule has 1 saturated heterocycles. The Morgan fingerprint density at radius 1 is 0.909 bits per heavy atom. The van der Waals surface area contributed by atoms with Gasteiger partial charge in [0, 0.05) is 45.8 Å². The average molecular weight is 816 g/mol. The van der Waals surface area contributed by atoms with E-state index in [1.807, 2.05) is 61.1 Å². The minimum absolute atomic E-state index is 0. The van der Waals surface area contributed by atoms with Crippen molar-refractivity contribution in [1.82, 2.24) is 20.4 Å². The van der Waals surface area contributed by atoms with Gasteiger partial charge in [-0.15, -0.1) is 25.3 Å². The van der Waals surface area contributed by atoms with Gasteiger partial charge in [0.2, 0.25) is 11.8 Å². The molecule has 2 amide bonds. The molecule has 0 radical (unpaired) electrons. The summed E-state index contributed by atoms with van der Waals surface area (Å²) in [6, 6.07) is 26.6. The minimum atomic E-state index is -0.232. The fourth-order valence-electron chi connectivity index (χ4n) is 5.46. The van der Waals surface area contributed by atoms with Crippen molar-refractivity contribution in [3.05, 3.63) is 84.4 Å². The Morgan fingerprint density at radius 3 is 1.80 bits per heavy atom.